The highest BCUT2D eigenvalue weighted by Gasteiger charge is 2.19. The van der Waals surface area contributed by atoms with E-state index in [0.717, 1.165) is 30.8 Å². The molecule has 2 aromatic rings. The van der Waals surface area contributed by atoms with Gasteiger partial charge in [-0.3, -0.25) is 9.59 Å². The average molecular weight is 360 g/mol. The van der Waals surface area contributed by atoms with Crippen molar-refractivity contribution in [2.45, 2.75) is 53.0 Å². The van der Waals surface area contributed by atoms with Crippen molar-refractivity contribution < 1.29 is 18.4 Å². The first kappa shape index (κ1) is 19.8. The lowest BCUT2D eigenvalue weighted by Crippen LogP contribution is -2.44. The molecule has 0 saturated heterocycles. The van der Waals surface area contributed by atoms with E-state index in [1.54, 1.807) is 24.3 Å². The van der Waals surface area contributed by atoms with Crippen LogP contribution in [0.25, 0.3) is 0 Å². The standard InChI is InChI=1S/C20H28N2O4/c1-5-15-7-9-17(25-15)19(23)21-12-14(11-13(3)4)22-20(24)18-10-8-16(6-2)26-18/h7-10,13-14H,5-6,11-12H2,1-4H3,(H,21,23)(H,22,24). The number of nitrogens with one attached hydrogen (secondary N) is 2. The first-order chi connectivity index (χ1) is 12.4. The van der Waals surface area contributed by atoms with Crippen molar-refractivity contribution >= 4 is 11.8 Å². The molecule has 1 unspecified atom stereocenters. The second kappa shape index (κ2) is 9.27. The van der Waals surface area contributed by atoms with Crippen LogP contribution in [0.3, 0.4) is 0 Å². The number of carbonyl (C=O) groups is 2. The zero-order valence-corrected chi connectivity index (χ0v) is 15.9. The molecule has 2 rings (SSSR count). The Hall–Kier alpha value is -2.50. The largest absolute Gasteiger partial charge is 0.456 e. The molecule has 26 heavy (non-hydrogen) atoms. The first-order valence-electron chi connectivity index (χ1n) is 9.19. The monoisotopic (exact) mass is 360 g/mol. The van der Waals surface area contributed by atoms with Gasteiger partial charge in [-0.05, 0) is 36.6 Å². The molecular formula is C20H28N2O4. The molecule has 0 saturated carbocycles. The summed E-state index contributed by atoms with van der Waals surface area (Å²) in [5, 5.41) is 5.78. The van der Waals surface area contributed by atoms with E-state index in [-0.39, 0.29) is 23.6 Å². The molecule has 2 heterocycles. The van der Waals surface area contributed by atoms with Crippen LogP contribution in [0.5, 0.6) is 0 Å². The zero-order chi connectivity index (χ0) is 19.1. The van der Waals surface area contributed by atoms with Crippen molar-refractivity contribution in [3.8, 4) is 0 Å². The van der Waals surface area contributed by atoms with Gasteiger partial charge < -0.3 is 19.5 Å². The molecule has 0 aliphatic rings. The highest BCUT2D eigenvalue weighted by molar-refractivity contribution is 5.92. The third-order valence-corrected chi connectivity index (χ3v) is 4.07. The van der Waals surface area contributed by atoms with Crippen molar-refractivity contribution in [3.05, 3.63) is 47.3 Å². The summed E-state index contributed by atoms with van der Waals surface area (Å²) < 4.78 is 11.0. The molecule has 0 fully saturated rings. The quantitative estimate of drug-likeness (QED) is 0.716. The predicted molar refractivity (Wildman–Crippen MR) is 99.2 cm³/mol. The molecule has 6 nitrogen and oxygen atoms in total. The summed E-state index contributed by atoms with van der Waals surface area (Å²) >= 11 is 0. The third-order valence-electron chi connectivity index (χ3n) is 4.07. The SMILES string of the molecule is CCc1ccc(C(=O)NCC(CC(C)C)NC(=O)c2ccc(CC)o2)o1. The van der Waals surface area contributed by atoms with Crippen molar-refractivity contribution in [1.29, 1.82) is 0 Å². The third kappa shape index (κ3) is 5.51. The Kier molecular flexibility index (Phi) is 7.06. The van der Waals surface area contributed by atoms with Crippen LogP contribution in [0.4, 0.5) is 0 Å². The van der Waals surface area contributed by atoms with E-state index in [2.05, 4.69) is 24.5 Å². The van der Waals surface area contributed by atoms with Gasteiger partial charge in [0.25, 0.3) is 11.8 Å². The van der Waals surface area contributed by atoms with Gasteiger partial charge in [-0.1, -0.05) is 27.7 Å². The lowest BCUT2D eigenvalue weighted by atomic mass is 10.0. The summed E-state index contributed by atoms with van der Waals surface area (Å²) in [6, 6.07) is 6.75. The molecule has 2 amide bonds. The summed E-state index contributed by atoms with van der Waals surface area (Å²) in [6.07, 6.45) is 2.22. The fourth-order valence-corrected chi connectivity index (χ4v) is 2.70. The highest BCUT2D eigenvalue weighted by atomic mass is 16.4. The Balaban J connectivity index is 1.95. The second-order valence-electron chi connectivity index (χ2n) is 6.75. The van der Waals surface area contributed by atoms with Gasteiger partial charge in [-0.25, -0.2) is 0 Å². The van der Waals surface area contributed by atoms with E-state index in [0.29, 0.717) is 18.2 Å². The molecule has 6 heteroatoms. The fraction of sp³-hybridized carbons (Fsp3) is 0.500. The molecule has 142 valence electrons. The summed E-state index contributed by atoms with van der Waals surface area (Å²) in [4.78, 5) is 24.6. The van der Waals surface area contributed by atoms with E-state index < -0.39 is 0 Å². The maximum atomic E-state index is 12.4. The molecule has 0 aromatic carbocycles. The average Bonchev–Trinajstić information content (AvgIpc) is 3.27. The normalized spacial score (nSPS) is 12.2. The lowest BCUT2D eigenvalue weighted by Gasteiger charge is -2.20. The molecule has 2 N–H and O–H groups in total. The number of carbonyl (C=O) groups excluding carboxylic acids is 2. The number of aryl methyl sites for hydroxylation is 2. The molecular weight excluding hydrogens is 332 g/mol. The van der Waals surface area contributed by atoms with Crippen molar-refractivity contribution in [1.82, 2.24) is 10.6 Å². The van der Waals surface area contributed by atoms with Crippen LogP contribution in [0.2, 0.25) is 0 Å². The van der Waals surface area contributed by atoms with Gasteiger partial charge in [-0.15, -0.1) is 0 Å². The molecule has 0 bridgehead atoms. The lowest BCUT2D eigenvalue weighted by molar-refractivity contribution is 0.0874. The first-order valence-corrected chi connectivity index (χ1v) is 9.19. The number of furan rings is 2. The number of amides is 2. The number of hydrogen-bond acceptors (Lipinski definition) is 4. The number of rotatable bonds is 9. The Morgan fingerprint density at radius 2 is 1.46 bits per heavy atom. The molecule has 0 aliphatic heterocycles. The molecule has 0 radical (unpaired) electrons. The van der Waals surface area contributed by atoms with Crippen LogP contribution in [-0.2, 0) is 12.8 Å². The van der Waals surface area contributed by atoms with Gasteiger partial charge in [0, 0.05) is 25.4 Å². The van der Waals surface area contributed by atoms with Gasteiger partial charge in [0.05, 0.1) is 0 Å². The molecule has 2 aromatic heterocycles. The summed E-state index contributed by atoms with van der Waals surface area (Å²) in [5.74, 6) is 1.95. The Morgan fingerprint density at radius 1 is 0.923 bits per heavy atom. The van der Waals surface area contributed by atoms with E-state index in [9.17, 15) is 9.59 Å². The molecule has 0 aliphatic carbocycles. The number of hydrogen-bond donors (Lipinski definition) is 2. The summed E-state index contributed by atoms with van der Waals surface area (Å²) in [5.41, 5.74) is 0. The van der Waals surface area contributed by atoms with Crippen molar-refractivity contribution in [2.24, 2.45) is 5.92 Å². The van der Waals surface area contributed by atoms with E-state index >= 15 is 0 Å². The van der Waals surface area contributed by atoms with Gasteiger partial charge in [-0.2, -0.15) is 0 Å². The van der Waals surface area contributed by atoms with E-state index in [1.807, 2.05) is 13.8 Å². The second-order valence-corrected chi connectivity index (χ2v) is 6.75. The maximum Gasteiger partial charge on any atom is 0.287 e. The molecule has 1 atom stereocenters. The van der Waals surface area contributed by atoms with E-state index in [4.69, 9.17) is 8.83 Å². The van der Waals surface area contributed by atoms with Gasteiger partial charge in [0.15, 0.2) is 11.5 Å². The minimum atomic E-state index is -0.279. The van der Waals surface area contributed by atoms with E-state index in [1.165, 1.54) is 0 Å². The van der Waals surface area contributed by atoms with Crippen LogP contribution >= 0.6 is 0 Å². The Bertz CT molecular complexity index is 730. The summed E-state index contributed by atoms with van der Waals surface area (Å²) in [7, 11) is 0. The minimum Gasteiger partial charge on any atom is -0.456 e. The Morgan fingerprint density at radius 3 is 1.92 bits per heavy atom. The van der Waals surface area contributed by atoms with Crippen LogP contribution in [-0.4, -0.2) is 24.4 Å². The summed E-state index contributed by atoms with van der Waals surface area (Å²) in [6.45, 7) is 8.40. The van der Waals surface area contributed by atoms with Gasteiger partial charge in [0.2, 0.25) is 0 Å². The van der Waals surface area contributed by atoms with Crippen molar-refractivity contribution in [3.63, 3.8) is 0 Å². The van der Waals surface area contributed by atoms with Crippen LogP contribution < -0.4 is 10.6 Å². The topological polar surface area (TPSA) is 84.5 Å². The zero-order valence-electron chi connectivity index (χ0n) is 15.9. The Labute approximate surface area is 154 Å². The smallest absolute Gasteiger partial charge is 0.287 e. The van der Waals surface area contributed by atoms with Crippen LogP contribution in [0.1, 0.15) is 66.7 Å². The fourth-order valence-electron chi connectivity index (χ4n) is 2.70. The van der Waals surface area contributed by atoms with Crippen molar-refractivity contribution in [2.75, 3.05) is 6.54 Å². The van der Waals surface area contributed by atoms with Crippen LogP contribution in [0, 0.1) is 5.92 Å². The van der Waals surface area contributed by atoms with Gasteiger partial charge in [0.1, 0.15) is 11.5 Å². The van der Waals surface area contributed by atoms with Crippen LogP contribution in [0.15, 0.2) is 33.1 Å². The highest BCUT2D eigenvalue weighted by Crippen LogP contribution is 2.11. The molecule has 0 spiro atoms. The van der Waals surface area contributed by atoms with Gasteiger partial charge >= 0.3 is 0 Å². The predicted octanol–water partition coefficient (Wildman–Crippen LogP) is 3.57. The minimum absolute atomic E-state index is 0.192. The maximum absolute atomic E-state index is 12.4.